The van der Waals surface area contributed by atoms with Crippen LogP contribution >= 0.6 is 0 Å². The van der Waals surface area contributed by atoms with Crippen molar-refractivity contribution in [3.05, 3.63) is 29.8 Å². The quantitative estimate of drug-likeness (QED) is 0.748. The highest BCUT2D eigenvalue weighted by Gasteiger charge is 2.27. The molecule has 114 valence electrons. The highest BCUT2D eigenvalue weighted by Crippen LogP contribution is 2.17. The van der Waals surface area contributed by atoms with Crippen molar-refractivity contribution in [2.75, 3.05) is 37.7 Å². The normalized spacial score (nSPS) is 11.7. The lowest BCUT2D eigenvalue weighted by Crippen LogP contribution is -2.31. The van der Waals surface area contributed by atoms with Gasteiger partial charge < -0.3 is 15.4 Å². The maximum atomic E-state index is 12.0. The van der Waals surface area contributed by atoms with Gasteiger partial charge in [0.05, 0.1) is 6.61 Å². The van der Waals surface area contributed by atoms with E-state index in [1.807, 2.05) is 36.1 Å². The summed E-state index contributed by atoms with van der Waals surface area (Å²) >= 11 is 0. The summed E-state index contributed by atoms with van der Waals surface area (Å²) in [6.45, 7) is 2.48. The molecular weight excluding hydrogens is 269 g/mol. The molecule has 1 rings (SSSR count). The van der Waals surface area contributed by atoms with Crippen LogP contribution in [0.2, 0.25) is 0 Å². The second kappa shape index (κ2) is 8.11. The number of aryl methyl sites for hydroxylation is 1. The minimum atomic E-state index is -4.27. The Morgan fingerprint density at radius 3 is 2.60 bits per heavy atom. The first-order valence-corrected chi connectivity index (χ1v) is 6.58. The average Bonchev–Trinajstić information content (AvgIpc) is 2.36. The molecular formula is C14H21F3N2O. The molecule has 0 heterocycles. The lowest BCUT2D eigenvalue weighted by atomic mass is 10.2. The average molecular weight is 290 g/mol. The van der Waals surface area contributed by atoms with Gasteiger partial charge in [-0.05, 0) is 37.6 Å². The summed E-state index contributed by atoms with van der Waals surface area (Å²) in [5, 5.41) is 0. The first-order chi connectivity index (χ1) is 9.42. The van der Waals surface area contributed by atoms with Crippen LogP contribution < -0.4 is 10.6 Å². The van der Waals surface area contributed by atoms with Gasteiger partial charge in [-0.15, -0.1) is 0 Å². The summed E-state index contributed by atoms with van der Waals surface area (Å²) in [6, 6.07) is 7.84. The molecule has 0 spiro atoms. The zero-order chi connectivity index (χ0) is 15.0. The third-order valence-corrected chi connectivity index (χ3v) is 2.77. The fourth-order valence-electron chi connectivity index (χ4n) is 1.84. The van der Waals surface area contributed by atoms with Crippen LogP contribution in [0, 0.1) is 6.92 Å². The van der Waals surface area contributed by atoms with E-state index in [0.717, 1.165) is 17.7 Å². The Balaban J connectivity index is 2.52. The Hall–Kier alpha value is -1.27. The zero-order valence-corrected chi connectivity index (χ0v) is 11.6. The summed E-state index contributed by atoms with van der Waals surface area (Å²) in [5.74, 6) is 0. The summed E-state index contributed by atoms with van der Waals surface area (Å²) in [5.41, 5.74) is 7.58. The number of halogens is 3. The van der Waals surface area contributed by atoms with Crippen LogP contribution in [0.25, 0.3) is 0 Å². The van der Waals surface area contributed by atoms with Gasteiger partial charge in [0.25, 0.3) is 0 Å². The number of nitrogens with two attached hydrogens (primary N) is 1. The van der Waals surface area contributed by atoms with E-state index < -0.39 is 12.8 Å². The fourth-order valence-corrected chi connectivity index (χ4v) is 1.84. The number of nitrogens with zero attached hydrogens (tertiary/aromatic N) is 1. The number of hydrogen-bond acceptors (Lipinski definition) is 3. The molecule has 0 bridgehead atoms. The molecule has 3 nitrogen and oxygen atoms in total. The predicted octanol–water partition coefficient (Wildman–Crippen LogP) is 2.73. The van der Waals surface area contributed by atoms with Gasteiger partial charge in [0.1, 0.15) is 6.61 Å². The van der Waals surface area contributed by atoms with E-state index in [-0.39, 0.29) is 6.61 Å². The lowest BCUT2D eigenvalue weighted by Gasteiger charge is -2.25. The van der Waals surface area contributed by atoms with Gasteiger partial charge in [-0.3, -0.25) is 0 Å². The van der Waals surface area contributed by atoms with Crippen molar-refractivity contribution in [3.8, 4) is 0 Å². The van der Waals surface area contributed by atoms with Gasteiger partial charge >= 0.3 is 6.18 Å². The molecule has 6 heteroatoms. The van der Waals surface area contributed by atoms with Crippen molar-refractivity contribution >= 4 is 5.69 Å². The first kappa shape index (κ1) is 16.8. The smallest absolute Gasteiger partial charge is 0.370 e. The van der Waals surface area contributed by atoms with Crippen LogP contribution in [0.4, 0.5) is 18.9 Å². The molecule has 0 saturated carbocycles. The van der Waals surface area contributed by atoms with E-state index in [1.54, 1.807) is 0 Å². The Bertz CT molecular complexity index is 396. The van der Waals surface area contributed by atoms with E-state index >= 15 is 0 Å². The predicted molar refractivity (Wildman–Crippen MR) is 73.9 cm³/mol. The van der Waals surface area contributed by atoms with Crippen molar-refractivity contribution in [1.29, 1.82) is 0 Å². The zero-order valence-electron chi connectivity index (χ0n) is 11.6. The van der Waals surface area contributed by atoms with Crippen molar-refractivity contribution in [2.45, 2.75) is 19.5 Å². The number of alkyl halides is 3. The van der Waals surface area contributed by atoms with Crippen molar-refractivity contribution in [3.63, 3.8) is 0 Å². The van der Waals surface area contributed by atoms with E-state index in [0.29, 0.717) is 19.6 Å². The summed E-state index contributed by atoms with van der Waals surface area (Å²) in [4.78, 5) is 2.00. The van der Waals surface area contributed by atoms with Crippen molar-refractivity contribution in [1.82, 2.24) is 0 Å². The maximum Gasteiger partial charge on any atom is 0.411 e. The molecule has 0 aromatic heterocycles. The monoisotopic (exact) mass is 290 g/mol. The second-order valence-electron chi connectivity index (χ2n) is 4.64. The summed E-state index contributed by atoms with van der Waals surface area (Å²) in [6.07, 6.45) is -3.49. The Morgan fingerprint density at radius 1 is 1.25 bits per heavy atom. The van der Waals surface area contributed by atoms with Crippen LogP contribution in [0.5, 0.6) is 0 Å². The van der Waals surface area contributed by atoms with E-state index in [1.165, 1.54) is 0 Å². The van der Waals surface area contributed by atoms with Crippen LogP contribution in [-0.2, 0) is 4.74 Å². The molecule has 0 aliphatic heterocycles. The van der Waals surface area contributed by atoms with Crippen molar-refractivity contribution < 1.29 is 17.9 Å². The molecule has 0 saturated heterocycles. The number of ether oxygens (including phenoxy) is 1. The largest absolute Gasteiger partial charge is 0.411 e. The van der Waals surface area contributed by atoms with Gasteiger partial charge in [-0.2, -0.15) is 13.2 Å². The molecule has 0 aliphatic rings. The number of hydrogen-bond donors (Lipinski definition) is 1. The molecule has 20 heavy (non-hydrogen) atoms. The third-order valence-electron chi connectivity index (χ3n) is 2.77. The van der Waals surface area contributed by atoms with Crippen LogP contribution in [0.1, 0.15) is 12.0 Å². The minimum Gasteiger partial charge on any atom is -0.370 e. The Morgan fingerprint density at radius 2 is 2.00 bits per heavy atom. The van der Waals surface area contributed by atoms with Crippen LogP contribution in [0.3, 0.4) is 0 Å². The summed E-state index contributed by atoms with van der Waals surface area (Å²) in [7, 11) is 0. The number of anilines is 1. The highest BCUT2D eigenvalue weighted by molar-refractivity contribution is 5.48. The molecule has 0 unspecified atom stereocenters. The Labute approximate surface area is 117 Å². The number of benzene rings is 1. The third kappa shape index (κ3) is 6.77. The highest BCUT2D eigenvalue weighted by atomic mass is 19.4. The number of rotatable bonds is 8. The first-order valence-electron chi connectivity index (χ1n) is 6.58. The second-order valence-corrected chi connectivity index (χ2v) is 4.64. The van der Waals surface area contributed by atoms with Gasteiger partial charge in [-0.25, -0.2) is 0 Å². The van der Waals surface area contributed by atoms with Crippen LogP contribution in [-0.4, -0.2) is 39.0 Å². The lowest BCUT2D eigenvalue weighted by molar-refractivity contribution is -0.173. The molecule has 0 amide bonds. The molecule has 0 aliphatic carbocycles. The maximum absolute atomic E-state index is 12.0. The topological polar surface area (TPSA) is 38.5 Å². The van der Waals surface area contributed by atoms with E-state index in [2.05, 4.69) is 4.74 Å². The molecule has 0 fully saturated rings. The van der Waals surface area contributed by atoms with Gasteiger partial charge in [0.2, 0.25) is 0 Å². The summed E-state index contributed by atoms with van der Waals surface area (Å²) < 4.78 is 40.7. The molecule has 0 atom stereocenters. The van der Waals surface area contributed by atoms with E-state index in [4.69, 9.17) is 5.73 Å². The van der Waals surface area contributed by atoms with Crippen LogP contribution in [0.15, 0.2) is 24.3 Å². The molecule has 1 aromatic carbocycles. The van der Waals surface area contributed by atoms with Gasteiger partial charge in [0.15, 0.2) is 0 Å². The standard InChI is InChI=1S/C14H21F3N2O/c1-12-4-2-5-13(10-12)19(7-3-6-18)8-9-20-11-14(15,16)17/h2,4-5,10H,3,6-9,11,18H2,1H3. The fraction of sp³-hybridized carbons (Fsp3) is 0.571. The molecule has 1 aromatic rings. The SMILES string of the molecule is Cc1cccc(N(CCCN)CCOCC(F)(F)F)c1. The van der Waals surface area contributed by atoms with Gasteiger partial charge in [-0.1, -0.05) is 12.1 Å². The Kier molecular flexibility index (Phi) is 6.81. The molecule has 0 radical (unpaired) electrons. The molecule has 2 N–H and O–H groups in total. The minimum absolute atomic E-state index is 0.0397. The van der Waals surface area contributed by atoms with Crippen molar-refractivity contribution in [2.24, 2.45) is 5.73 Å². The van der Waals surface area contributed by atoms with Gasteiger partial charge in [0, 0.05) is 18.8 Å². The van der Waals surface area contributed by atoms with E-state index in [9.17, 15) is 13.2 Å².